The average Bonchev–Trinajstić information content (AvgIpc) is 3.21. The maximum Gasteiger partial charge on any atom is 0.326 e. The van der Waals surface area contributed by atoms with E-state index in [9.17, 15) is 29.7 Å². The van der Waals surface area contributed by atoms with Crippen molar-refractivity contribution in [2.45, 2.75) is 74.3 Å². The first-order valence-electron chi connectivity index (χ1n) is 12.4. The number of hydrogen-bond acceptors (Lipinski definition) is 9. The molecule has 200 valence electrons. The molecule has 2 bridgehead atoms. The summed E-state index contributed by atoms with van der Waals surface area (Å²) in [5, 5.41) is 33.1. The summed E-state index contributed by atoms with van der Waals surface area (Å²) < 4.78 is 17.7. The minimum atomic E-state index is -1.38. The number of amides is 1. The molecule has 4 aliphatic rings. The van der Waals surface area contributed by atoms with Crippen molar-refractivity contribution in [2.75, 3.05) is 20.7 Å². The molecule has 4 N–H and O–H groups in total. The molecular weight excluding hydrogens is 484 g/mol. The topological polar surface area (TPSA) is 155 Å². The second kappa shape index (κ2) is 9.00. The first kappa shape index (κ1) is 25.5. The van der Waals surface area contributed by atoms with Crippen LogP contribution in [0, 0.1) is 0 Å². The number of piperidine rings is 1. The summed E-state index contributed by atoms with van der Waals surface area (Å²) in [7, 11) is 3.56. The standard InChI is InChI=1S/C26H32N2O9/c1-13(29)23(31)27-15(24(32)33)5-7-19(30)36-17-8-9-26(34)18-12-14-4-6-16(35-3)21-20(14)25(26,22(17)37-21)10-11-28(18)2/h4,6,8,13,15,18,22,29,34H,5,7,9-12H2,1-3H3,(H,27,31)(H,32,33)/t13-,15-,18+,22?,25?,26+/m0/s1. The van der Waals surface area contributed by atoms with Crippen LogP contribution in [0.3, 0.4) is 0 Å². The number of methoxy groups -OCH3 is 1. The van der Waals surface area contributed by atoms with Crippen LogP contribution in [0.1, 0.15) is 43.7 Å². The number of carbonyl (C=O) groups is 3. The second-order valence-electron chi connectivity index (χ2n) is 10.4. The Bertz CT molecular complexity index is 1180. The predicted molar refractivity (Wildman–Crippen MR) is 128 cm³/mol. The number of likely N-dealkylation sites (N-methyl/N-ethyl adjacent to an activating group) is 1. The number of nitrogens with one attached hydrogen (secondary N) is 1. The van der Waals surface area contributed by atoms with Gasteiger partial charge >= 0.3 is 11.9 Å². The molecule has 2 heterocycles. The minimum absolute atomic E-state index is 0.137. The zero-order valence-electron chi connectivity index (χ0n) is 21.0. The first-order valence-corrected chi connectivity index (χ1v) is 12.4. The number of esters is 1. The number of benzene rings is 1. The van der Waals surface area contributed by atoms with Crippen molar-refractivity contribution in [3.05, 3.63) is 35.1 Å². The molecule has 1 aromatic rings. The van der Waals surface area contributed by atoms with E-state index in [0.717, 1.165) is 17.7 Å². The van der Waals surface area contributed by atoms with E-state index in [-0.39, 0.29) is 31.1 Å². The SMILES string of the molecule is COc1ccc2c3c1OC1C(OC(=O)CC[C@H](NC(=O)[C@H](C)O)C(=O)O)=CC[C@@]4(O)[C@@H](C2)N(C)CCC314. The Morgan fingerprint density at radius 3 is 2.76 bits per heavy atom. The lowest BCUT2D eigenvalue weighted by molar-refractivity contribution is -0.169. The molecule has 0 saturated carbocycles. The number of carboxylic acids is 1. The Morgan fingerprint density at radius 2 is 2.08 bits per heavy atom. The summed E-state index contributed by atoms with van der Waals surface area (Å²) in [5.41, 5.74) is 0.0356. The van der Waals surface area contributed by atoms with Crippen LogP contribution in [0.2, 0.25) is 0 Å². The van der Waals surface area contributed by atoms with Gasteiger partial charge in [-0.1, -0.05) is 6.07 Å². The lowest BCUT2D eigenvalue weighted by atomic mass is 9.50. The molecule has 1 saturated heterocycles. The Hall–Kier alpha value is -3.15. The van der Waals surface area contributed by atoms with Gasteiger partial charge in [0.2, 0.25) is 5.91 Å². The van der Waals surface area contributed by atoms with E-state index in [0.29, 0.717) is 24.3 Å². The third kappa shape index (κ3) is 3.71. The maximum atomic E-state index is 12.8. The molecule has 2 unspecified atom stereocenters. The number of aliphatic hydroxyl groups excluding tert-OH is 1. The number of carboxylic acid groups (broad SMARTS) is 1. The van der Waals surface area contributed by atoms with Gasteiger partial charge in [0.05, 0.1) is 18.1 Å². The highest BCUT2D eigenvalue weighted by molar-refractivity contribution is 5.86. The largest absolute Gasteiger partial charge is 0.493 e. The van der Waals surface area contributed by atoms with Gasteiger partial charge in [0.1, 0.15) is 17.9 Å². The van der Waals surface area contributed by atoms with Gasteiger partial charge in [-0.15, -0.1) is 0 Å². The molecule has 1 spiro atoms. The molecule has 37 heavy (non-hydrogen) atoms. The Kier molecular flexibility index (Phi) is 6.20. The van der Waals surface area contributed by atoms with E-state index in [1.54, 1.807) is 13.2 Å². The second-order valence-corrected chi connectivity index (χ2v) is 10.4. The number of likely N-dealkylation sites (tertiary alicyclic amines) is 1. The van der Waals surface area contributed by atoms with E-state index < -0.39 is 47.1 Å². The summed E-state index contributed by atoms with van der Waals surface area (Å²) in [4.78, 5) is 38.3. The number of hydrogen-bond donors (Lipinski definition) is 4. The van der Waals surface area contributed by atoms with Crippen LogP contribution in [-0.4, -0.2) is 88.7 Å². The Balaban J connectivity index is 1.41. The quantitative estimate of drug-likeness (QED) is 0.353. The number of ether oxygens (including phenoxy) is 3. The average molecular weight is 517 g/mol. The van der Waals surface area contributed by atoms with Crippen molar-refractivity contribution >= 4 is 17.8 Å². The molecule has 2 aliphatic carbocycles. The fourth-order valence-electron chi connectivity index (χ4n) is 6.58. The third-order valence-electron chi connectivity index (χ3n) is 8.42. The minimum Gasteiger partial charge on any atom is -0.493 e. The monoisotopic (exact) mass is 516 g/mol. The van der Waals surface area contributed by atoms with Crippen molar-refractivity contribution in [2.24, 2.45) is 0 Å². The molecule has 1 fully saturated rings. The summed E-state index contributed by atoms with van der Waals surface area (Å²) in [6, 6.07) is 2.37. The van der Waals surface area contributed by atoms with Gasteiger partial charge in [-0.3, -0.25) is 9.59 Å². The van der Waals surface area contributed by atoms with Crippen molar-refractivity contribution in [3.8, 4) is 11.5 Å². The number of nitrogens with zero attached hydrogens (tertiary/aromatic N) is 1. The zero-order valence-corrected chi connectivity index (χ0v) is 21.0. The van der Waals surface area contributed by atoms with Crippen molar-refractivity contribution < 1.29 is 43.9 Å². The summed E-state index contributed by atoms with van der Waals surface area (Å²) in [6.45, 7) is 1.95. The number of aliphatic hydroxyl groups is 2. The van der Waals surface area contributed by atoms with Gasteiger partial charge < -0.3 is 39.7 Å². The van der Waals surface area contributed by atoms with Crippen molar-refractivity contribution in [3.63, 3.8) is 0 Å². The van der Waals surface area contributed by atoms with E-state index in [1.807, 2.05) is 19.2 Å². The Morgan fingerprint density at radius 1 is 1.32 bits per heavy atom. The van der Waals surface area contributed by atoms with Gasteiger partial charge in [-0.05, 0) is 57.5 Å². The maximum absolute atomic E-state index is 12.8. The zero-order chi connectivity index (χ0) is 26.7. The van der Waals surface area contributed by atoms with Crippen LogP contribution < -0.4 is 14.8 Å². The Labute approximate surface area is 214 Å². The van der Waals surface area contributed by atoms with Gasteiger partial charge in [0.15, 0.2) is 17.6 Å². The van der Waals surface area contributed by atoms with Crippen LogP contribution in [0.15, 0.2) is 24.0 Å². The van der Waals surface area contributed by atoms with Crippen molar-refractivity contribution in [1.29, 1.82) is 0 Å². The van der Waals surface area contributed by atoms with Gasteiger partial charge in [0, 0.05) is 24.4 Å². The van der Waals surface area contributed by atoms with Gasteiger partial charge in [0.25, 0.3) is 0 Å². The predicted octanol–water partition coefficient (Wildman–Crippen LogP) is 0.247. The van der Waals surface area contributed by atoms with Gasteiger partial charge in [-0.25, -0.2) is 4.79 Å². The molecular formula is C26H32N2O9. The molecule has 0 radical (unpaired) electrons. The molecule has 5 rings (SSSR count). The third-order valence-corrected chi connectivity index (χ3v) is 8.42. The highest BCUT2D eigenvalue weighted by Crippen LogP contribution is 2.65. The first-order chi connectivity index (χ1) is 17.5. The number of carbonyl (C=O) groups excluding carboxylic acids is 2. The lowest BCUT2D eigenvalue weighted by Gasteiger charge is -2.61. The van der Waals surface area contributed by atoms with E-state index in [1.165, 1.54) is 6.92 Å². The fourth-order valence-corrected chi connectivity index (χ4v) is 6.58. The molecule has 11 heteroatoms. The number of rotatable bonds is 8. The van der Waals surface area contributed by atoms with Crippen LogP contribution in [0.4, 0.5) is 0 Å². The summed E-state index contributed by atoms with van der Waals surface area (Å²) in [6.07, 6.45) is 0.586. The van der Waals surface area contributed by atoms with Crippen LogP contribution in [-0.2, 0) is 31.0 Å². The van der Waals surface area contributed by atoms with E-state index in [4.69, 9.17) is 14.2 Å². The normalized spacial score (nSPS) is 30.8. The number of aliphatic carboxylic acids is 1. The van der Waals surface area contributed by atoms with E-state index in [2.05, 4.69) is 10.2 Å². The van der Waals surface area contributed by atoms with Gasteiger partial charge in [-0.2, -0.15) is 0 Å². The fraction of sp³-hybridized carbons (Fsp3) is 0.577. The van der Waals surface area contributed by atoms with Crippen molar-refractivity contribution in [1.82, 2.24) is 10.2 Å². The smallest absolute Gasteiger partial charge is 0.326 e. The van der Waals surface area contributed by atoms with Crippen LogP contribution in [0.25, 0.3) is 0 Å². The highest BCUT2D eigenvalue weighted by atomic mass is 16.6. The highest BCUT2D eigenvalue weighted by Gasteiger charge is 2.72. The molecule has 0 aromatic heterocycles. The van der Waals surface area contributed by atoms with Crippen LogP contribution >= 0.6 is 0 Å². The summed E-state index contributed by atoms with van der Waals surface area (Å²) >= 11 is 0. The van der Waals surface area contributed by atoms with Crippen LogP contribution in [0.5, 0.6) is 11.5 Å². The molecule has 11 nitrogen and oxygen atoms in total. The summed E-state index contributed by atoms with van der Waals surface area (Å²) in [5.74, 6) is -1.46. The molecule has 6 atom stereocenters. The molecule has 1 amide bonds. The lowest BCUT2D eigenvalue weighted by Crippen LogP contribution is -2.74. The molecule has 1 aromatic carbocycles. The molecule has 2 aliphatic heterocycles. The van der Waals surface area contributed by atoms with E-state index >= 15 is 0 Å².